The van der Waals surface area contributed by atoms with Crippen molar-refractivity contribution >= 4 is 10.0 Å². The van der Waals surface area contributed by atoms with Gasteiger partial charge in [-0.05, 0) is 29.8 Å². The van der Waals surface area contributed by atoms with Gasteiger partial charge in [-0.15, -0.1) is 0 Å². The molecule has 26 heavy (non-hydrogen) atoms. The third kappa shape index (κ3) is 2.73. The Morgan fingerprint density at radius 3 is 2.42 bits per heavy atom. The number of sulfonamides is 1. The third-order valence-electron chi connectivity index (χ3n) is 4.59. The van der Waals surface area contributed by atoms with Gasteiger partial charge in [0.25, 0.3) is 0 Å². The van der Waals surface area contributed by atoms with Crippen LogP contribution in [-0.2, 0) is 16.6 Å². The maximum atomic E-state index is 14.2. The molecule has 4 nitrogen and oxygen atoms in total. The van der Waals surface area contributed by atoms with Gasteiger partial charge in [-0.3, -0.25) is 0 Å². The zero-order valence-electron chi connectivity index (χ0n) is 13.7. The van der Waals surface area contributed by atoms with Crippen LogP contribution in [0.15, 0.2) is 71.8 Å². The Labute approximate surface area is 150 Å². The van der Waals surface area contributed by atoms with Crippen LogP contribution in [0.5, 0.6) is 0 Å². The molecule has 2 heterocycles. The number of nitrogens with zero attached hydrogens (tertiary/aromatic N) is 2. The fraction of sp³-hybridized carbons (Fsp3) is 0.158. The molecule has 0 fully saturated rings. The first-order chi connectivity index (χ1) is 12.5. The molecular formula is C19H16F2N2O2S. The van der Waals surface area contributed by atoms with E-state index < -0.39 is 32.6 Å². The van der Waals surface area contributed by atoms with Gasteiger partial charge >= 0.3 is 0 Å². The maximum Gasteiger partial charge on any atom is 0.246 e. The van der Waals surface area contributed by atoms with Crippen LogP contribution in [0.2, 0.25) is 0 Å². The number of aromatic nitrogens is 1. The molecule has 2 aromatic carbocycles. The molecule has 0 saturated carbocycles. The van der Waals surface area contributed by atoms with Crippen LogP contribution in [0.3, 0.4) is 0 Å². The molecule has 1 aromatic heterocycles. The van der Waals surface area contributed by atoms with Crippen molar-refractivity contribution in [1.29, 1.82) is 0 Å². The summed E-state index contributed by atoms with van der Waals surface area (Å²) in [7, 11) is -4.15. The molecule has 0 N–H and O–H groups in total. The van der Waals surface area contributed by atoms with E-state index in [-0.39, 0.29) is 6.54 Å². The van der Waals surface area contributed by atoms with Crippen LogP contribution in [0.4, 0.5) is 8.78 Å². The number of benzene rings is 2. The highest BCUT2D eigenvalue weighted by Gasteiger charge is 2.38. The SMILES string of the molecule is O=S(=O)(c1ccc(F)cc1F)N1CCn2cccc2C1c1ccccc1. The van der Waals surface area contributed by atoms with Gasteiger partial charge in [0.05, 0.1) is 6.04 Å². The van der Waals surface area contributed by atoms with Gasteiger partial charge in [-0.25, -0.2) is 17.2 Å². The van der Waals surface area contributed by atoms with Crippen LogP contribution < -0.4 is 0 Å². The van der Waals surface area contributed by atoms with Crippen LogP contribution in [0.1, 0.15) is 17.3 Å². The monoisotopic (exact) mass is 374 g/mol. The average Bonchev–Trinajstić information content (AvgIpc) is 3.10. The Kier molecular flexibility index (Phi) is 4.13. The van der Waals surface area contributed by atoms with E-state index in [1.165, 1.54) is 4.31 Å². The second-order valence-electron chi connectivity index (χ2n) is 6.13. The molecule has 0 bridgehead atoms. The van der Waals surface area contributed by atoms with E-state index >= 15 is 0 Å². The molecule has 1 aliphatic rings. The van der Waals surface area contributed by atoms with Gasteiger partial charge in [-0.1, -0.05) is 30.3 Å². The van der Waals surface area contributed by atoms with Gasteiger partial charge in [0, 0.05) is 31.0 Å². The van der Waals surface area contributed by atoms with Crippen LogP contribution in [0, 0.1) is 11.6 Å². The molecule has 1 unspecified atom stereocenters. The Morgan fingerprint density at radius 2 is 1.69 bits per heavy atom. The van der Waals surface area contributed by atoms with Gasteiger partial charge < -0.3 is 4.57 Å². The Hall–Kier alpha value is -2.51. The second kappa shape index (κ2) is 6.34. The van der Waals surface area contributed by atoms with Crippen molar-refractivity contribution in [3.05, 3.63) is 89.8 Å². The molecule has 0 saturated heterocycles. The summed E-state index contributed by atoms with van der Waals surface area (Å²) in [6.45, 7) is 0.661. The minimum atomic E-state index is -4.15. The Balaban J connectivity index is 1.86. The number of hydrogen-bond acceptors (Lipinski definition) is 2. The third-order valence-corrected chi connectivity index (χ3v) is 6.49. The van der Waals surface area contributed by atoms with Crippen molar-refractivity contribution in [2.45, 2.75) is 17.5 Å². The fourth-order valence-electron chi connectivity index (χ4n) is 3.40. The molecule has 1 aliphatic heterocycles. The molecule has 1 atom stereocenters. The van der Waals surface area contributed by atoms with Crippen molar-refractivity contribution < 1.29 is 17.2 Å². The summed E-state index contributed by atoms with van der Waals surface area (Å²) < 4.78 is 57.1. The standard InChI is InChI=1S/C19H16F2N2O2S/c20-15-8-9-18(16(21)13-15)26(24,25)23-12-11-22-10-4-7-17(22)19(23)14-5-2-1-3-6-14/h1-10,13,19H,11-12H2. The number of halogens is 2. The number of rotatable bonds is 3. The summed E-state index contributed by atoms with van der Waals surface area (Å²) in [5, 5.41) is 0. The van der Waals surface area contributed by atoms with E-state index in [1.54, 1.807) is 0 Å². The molecule has 0 radical (unpaired) electrons. The van der Waals surface area contributed by atoms with Crippen molar-refractivity contribution in [3.8, 4) is 0 Å². The topological polar surface area (TPSA) is 42.3 Å². The van der Waals surface area contributed by atoms with Gasteiger partial charge in [0.1, 0.15) is 16.5 Å². The molecule has 0 aliphatic carbocycles. The van der Waals surface area contributed by atoms with Crippen molar-refractivity contribution in [2.75, 3.05) is 6.54 Å². The minimum Gasteiger partial charge on any atom is -0.348 e. The van der Waals surface area contributed by atoms with Gasteiger partial charge in [0.15, 0.2) is 0 Å². The minimum absolute atomic E-state index is 0.195. The van der Waals surface area contributed by atoms with E-state index in [4.69, 9.17) is 0 Å². The lowest BCUT2D eigenvalue weighted by molar-refractivity contribution is 0.297. The lowest BCUT2D eigenvalue weighted by atomic mass is 10.0. The molecular weight excluding hydrogens is 358 g/mol. The summed E-state index contributed by atoms with van der Waals surface area (Å²) in [5.41, 5.74) is 1.60. The predicted molar refractivity (Wildman–Crippen MR) is 93.0 cm³/mol. The first-order valence-electron chi connectivity index (χ1n) is 8.15. The van der Waals surface area contributed by atoms with Gasteiger partial charge in [-0.2, -0.15) is 4.31 Å². The quantitative estimate of drug-likeness (QED) is 0.704. The summed E-state index contributed by atoms with van der Waals surface area (Å²) >= 11 is 0. The van der Waals surface area contributed by atoms with Crippen LogP contribution in [0.25, 0.3) is 0 Å². The summed E-state index contributed by atoms with van der Waals surface area (Å²) in [5.74, 6) is -1.90. The van der Waals surface area contributed by atoms with E-state index in [0.717, 1.165) is 23.4 Å². The average molecular weight is 374 g/mol. The smallest absolute Gasteiger partial charge is 0.246 e. The van der Waals surface area contributed by atoms with E-state index in [0.29, 0.717) is 12.6 Å². The van der Waals surface area contributed by atoms with E-state index in [1.807, 2.05) is 53.2 Å². The zero-order valence-corrected chi connectivity index (χ0v) is 14.5. The molecule has 134 valence electrons. The van der Waals surface area contributed by atoms with E-state index in [9.17, 15) is 17.2 Å². The largest absolute Gasteiger partial charge is 0.348 e. The zero-order chi connectivity index (χ0) is 18.3. The molecule has 0 spiro atoms. The predicted octanol–water partition coefficient (Wildman–Crippen LogP) is 3.56. The maximum absolute atomic E-state index is 14.2. The Morgan fingerprint density at radius 1 is 0.923 bits per heavy atom. The normalized spacial score (nSPS) is 17.8. The highest BCUT2D eigenvalue weighted by Crippen LogP contribution is 2.36. The van der Waals surface area contributed by atoms with Crippen molar-refractivity contribution in [2.24, 2.45) is 0 Å². The highest BCUT2D eigenvalue weighted by molar-refractivity contribution is 7.89. The molecule has 4 rings (SSSR count). The first kappa shape index (κ1) is 16.9. The fourth-order valence-corrected chi connectivity index (χ4v) is 5.03. The summed E-state index contributed by atoms with van der Waals surface area (Å²) in [6, 6.07) is 14.9. The molecule has 0 amide bonds. The van der Waals surface area contributed by atoms with Crippen LogP contribution in [-0.4, -0.2) is 23.8 Å². The number of hydrogen-bond donors (Lipinski definition) is 0. The van der Waals surface area contributed by atoms with Crippen LogP contribution >= 0.6 is 0 Å². The van der Waals surface area contributed by atoms with Gasteiger partial charge in [0.2, 0.25) is 10.0 Å². The van der Waals surface area contributed by atoms with Crippen molar-refractivity contribution in [3.63, 3.8) is 0 Å². The summed E-state index contributed by atoms with van der Waals surface area (Å²) in [6.07, 6.45) is 1.90. The second-order valence-corrected chi connectivity index (χ2v) is 7.99. The number of fused-ring (bicyclic) bond motifs is 1. The molecule has 3 aromatic rings. The lowest BCUT2D eigenvalue weighted by Gasteiger charge is -2.36. The highest BCUT2D eigenvalue weighted by atomic mass is 32.2. The lowest BCUT2D eigenvalue weighted by Crippen LogP contribution is -2.42. The van der Waals surface area contributed by atoms with Crippen molar-refractivity contribution in [1.82, 2.24) is 8.87 Å². The summed E-state index contributed by atoms with van der Waals surface area (Å²) in [4.78, 5) is -0.514. The first-order valence-corrected chi connectivity index (χ1v) is 9.59. The molecule has 7 heteroatoms. The van der Waals surface area contributed by atoms with E-state index in [2.05, 4.69) is 0 Å². The Bertz CT molecular complexity index is 1050.